The van der Waals surface area contributed by atoms with Crippen LogP contribution < -0.4 is 4.74 Å². The number of nitrogens with zero attached hydrogens (tertiary/aromatic N) is 1. The van der Waals surface area contributed by atoms with E-state index >= 15 is 0 Å². The highest BCUT2D eigenvalue weighted by Gasteiger charge is 2.25. The van der Waals surface area contributed by atoms with Crippen molar-refractivity contribution < 1.29 is 14.6 Å². The third kappa shape index (κ3) is 4.34. The van der Waals surface area contributed by atoms with Crippen molar-refractivity contribution in [2.75, 3.05) is 20.8 Å². The Morgan fingerprint density at radius 3 is 2.73 bits per heavy atom. The zero-order valence-electron chi connectivity index (χ0n) is 13.4. The van der Waals surface area contributed by atoms with Crippen LogP contribution in [0.15, 0.2) is 30.3 Å². The molecule has 0 radical (unpaired) electrons. The summed E-state index contributed by atoms with van der Waals surface area (Å²) in [6.45, 7) is 0.264. The van der Waals surface area contributed by atoms with Gasteiger partial charge < -0.3 is 14.7 Å². The van der Waals surface area contributed by atoms with E-state index in [2.05, 4.69) is 0 Å². The minimum absolute atomic E-state index is 0.0234. The summed E-state index contributed by atoms with van der Waals surface area (Å²) in [5.41, 5.74) is 0.949. The highest BCUT2D eigenvalue weighted by Crippen LogP contribution is 2.26. The molecular weight excluding hydrogens is 278 g/mol. The Hall–Kier alpha value is -1.81. The zero-order chi connectivity index (χ0) is 15.9. The Morgan fingerprint density at radius 2 is 2.09 bits per heavy atom. The molecule has 1 aliphatic rings. The molecule has 120 valence electrons. The number of methoxy groups -OCH3 is 1. The van der Waals surface area contributed by atoms with Gasteiger partial charge in [0, 0.05) is 25.8 Å². The Labute approximate surface area is 132 Å². The number of rotatable bonds is 5. The van der Waals surface area contributed by atoms with Crippen molar-refractivity contribution in [2.45, 2.75) is 31.7 Å². The van der Waals surface area contributed by atoms with E-state index in [4.69, 9.17) is 4.74 Å². The van der Waals surface area contributed by atoms with Gasteiger partial charge in [-0.05, 0) is 55.4 Å². The van der Waals surface area contributed by atoms with E-state index in [9.17, 15) is 9.90 Å². The summed E-state index contributed by atoms with van der Waals surface area (Å²) in [5, 5.41) is 9.18. The Balaban J connectivity index is 1.92. The topological polar surface area (TPSA) is 49.8 Å². The summed E-state index contributed by atoms with van der Waals surface area (Å²) in [5.74, 6) is 1.22. The summed E-state index contributed by atoms with van der Waals surface area (Å²) < 4.78 is 5.18. The maximum absolute atomic E-state index is 12.3. The normalized spacial score (nSPS) is 21.8. The molecule has 0 spiro atoms. The number of aliphatic hydroxyl groups is 1. The molecule has 1 fully saturated rings. The van der Waals surface area contributed by atoms with Crippen LogP contribution in [0.5, 0.6) is 5.75 Å². The van der Waals surface area contributed by atoms with E-state index in [1.54, 1.807) is 13.2 Å². The average molecular weight is 303 g/mol. The molecule has 1 amide bonds. The van der Waals surface area contributed by atoms with Gasteiger partial charge in [-0.25, -0.2) is 0 Å². The molecule has 1 saturated carbocycles. The SMILES string of the molecule is COc1cccc(/C=C/C(=O)N(C)C2CCC(CO)CC2)c1. The molecule has 0 atom stereocenters. The van der Waals surface area contributed by atoms with Crippen LogP contribution in [0.1, 0.15) is 31.2 Å². The molecule has 1 aliphatic carbocycles. The largest absolute Gasteiger partial charge is 0.497 e. The highest BCUT2D eigenvalue weighted by molar-refractivity contribution is 5.91. The van der Waals surface area contributed by atoms with Gasteiger partial charge in [0.15, 0.2) is 0 Å². The van der Waals surface area contributed by atoms with E-state index in [1.165, 1.54) is 0 Å². The molecular formula is C18H25NO3. The van der Waals surface area contributed by atoms with E-state index in [0.29, 0.717) is 5.92 Å². The lowest BCUT2D eigenvalue weighted by molar-refractivity contribution is -0.127. The van der Waals surface area contributed by atoms with E-state index in [0.717, 1.165) is 37.0 Å². The van der Waals surface area contributed by atoms with Gasteiger partial charge in [0.2, 0.25) is 5.91 Å². The quantitative estimate of drug-likeness (QED) is 0.851. The van der Waals surface area contributed by atoms with Crippen molar-refractivity contribution in [3.05, 3.63) is 35.9 Å². The monoisotopic (exact) mass is 303 g/mol. The summed E-state index contributed by atoms with van der Waals surface area (Å²) in [6.07, 6.45) is 7.38. The number of carbonyl (C=O) groups excluding carboxylic acids is 1. The molecule has 22 heavy (non-hydrogen) atoms. The summed E-state index contributed by atoms with van der Waals surface area (Å²) in [6, 6.07) is 7.91. The fourth-order valence-electron chi connectivity index (χ4n) is 2.92. The zero-order valence-corrected chi connectivity index (χ0v) is 13.4. The minimum atomic E-state index is 0.0234. The highest BCUT2D eigenvalue weighted by atomic mass is 16.5. The number of hydrogen-bond acceptors (Lipinski definition) is 3. The van der Waals surface area contributed by atoms with Crippen LogP contribution in [0.25, 0.3) is 6.08 Å². The molecule has 0 unspecified atom stereocenters. The molecule has 0 aliphatic heterocycles. The molecule has 1 aromatic carbocycles. The number of carbonyl (C=O) groups is 1. The standard InChI is InChI=1S/C18H25NO3/c1-19(16-9-6-15(13-20)7-10-16)18(21)11-8-14-4-3-5-17(12-14)22-2/h3-5,8,11-12,15-16,20H,6-7,9-10,13H2,1-2H3/b11-8+. The van der Waals surface area contributed by atoms with Crippen LogP contribution in [0.4, 0.5) is 0 Å². The Kier molecular flexibility index (Phi) is 6.01. The molecule has 4 heteroatoms. The number of amides is 1. The van der Waals surface area contributed by atoms with Gasteiger partial charge in [-0.2, -0.15) is 0 Å². The van der Waals surface area contributed by atoms with Crippen molar-refractivity contribution in [1.29, 1.82) is 0 Å². The minimum Gasteiger partial charge on any atom is -0.497 e. The van der Waals surface area contributed by atoms with Crippen molar-refractivity contribution in [1.82, 2.24) is 4.90 Å². The van der Waals surface area contributed by atoms with Crippen LogP contribution in [0, 0.1) is 5.92 Å². The lowest BCUT2D eigenvalue weighted by Crippen LogP contribution is -2.39. The average Bonchev–Trinajstić information content (AvgIpc) is 2.59. The first kappa shape index (κ1) is 16.6. The smallest absolute Gasteiger partial charge is 0.246 e. The number of likely N-dealkylation sites (N-methyl/N-ethyl adjacent to an activating group) is 1. The molecule has 0 bridgehead atoms. The van der Waals surface area contributed by atoms with Crippen molar-refractivity contribution >= 4 is 12.0 Å². The third-order valence-electron chi connectivity index (χ3n) is 4.48. The molecule has 0 heterocycles. The molecule has 4 nitrogen and oxygen atoms in total. The van der Waals surface area contributed by atoms with Crippen LogP contribution in [0.2, 0.25) is 0 Å². The van der Waals surface area contributed by atoms with Gasteiger partial charge in [-0.15, -0.1) is 0 Å². The molecule has 0 saturated heterocycles. The Bertz CT molecular complexity index is 519. The second-order valence-corrected chi connectivity index (χ2v) is 5.92. The van der Waals surface area contributed by atoms with E-state index in [1.807, 2.05) is 42.3 Å². The van der Waals surface area contributed by atoms with Gasteiger partial charge >= 0.3 is 0 Å². The number of benzene rings is 1. The second-order valence-electron chi connectivity index (χ2n) is 5.92. The first-order chi connectivity index (χ1) is 10.6. The van der Waals surface area contributed by atoms with E-state index in [-0.39, 0.29) is 18.6 Å². The predicted molar refractivity (Wildman–Crippen MR) is 87.6 cm³/mol. The van der Waals surface area contributed by atoms with Gasteiger partial charge in [-0.1, -0.05) is 12.1 Å². The summed E-state index contributed by atoms with van der Waals surface area (Å²) in [7, 11) is 3.49. The lowest BCUT2D eigenvalue weighted by Gasteiger charge is -2.33. The maximum atomic E-state index is 12.3. The Morgan fingerprint density at radius 1 is 1.36 bits per heavy atom. The number of aliphatic hydroxyl groups excluding tert-OH is 1. The van der Waals surface area contributed by atoms with Gasteiger partial charge in [-0.3, -0.25) is 4.79 Å². The fourth-order valence-corrected chi connectivity index (χ4v) is 2.92. The second kappa shape index (κ2) is 7.99. The third-order valence-corrected chi connectivity index (χ3v) is 4.48. The van der Waals surface area contributed by atoms with Crippen molar-refractivity contribution in [3.8, 4) is 5.75 Å². The fraction of sp³-hybridized carbons (Fsp3) is 0.500. The van der Waals surface area contributed by atoms with Gasteiger partial charge in [0.05, 0.1) is 7.11 Å². The summed E-state index contributed by atoms with van der Waals surface area (Å²) >= 11 is 0. The van der Waals surface area contributed by atoms with Crippen molar-refractivity contribution in [3.63, 3.8) is 0 Å². The van der Waals surface area contributed by atoms with Crippen LogP contribution >= 0.6 is 0 Å². The molecule has 1 aromatic rings. The van der Waals surface area contributed by atoms with Crippen LogP contribution in [-0.2, 0) is 4.79 Å². The maximum Gasteiger partial charge on any atom is 0.246 e. The number of ether oxygens (including phenoxy) is 1. The molecule has 0 aromatic heterocycles. The lowest BCUT2D eigenvalue weighted by atomic mass is 9.86. The first-order valence-electron chi connectivity index (χ1n) is 7.84. The molecule has 2 rings (SSSR count). The summed E-state index contributed by atoms with van der Waals surface area (Å²) in [4.78, 5) is 14.1. The number of hydrogen-bond donors (Lipinski definition) is 1. The van der Waals surface area contributed by atoms with Gasteiger partial charge in [0.1, 0.15) is 5.75 Å². The van der Waals surface area contributed by atoms with Crippen LogP contribution in [0.3, 0.4) is 0 Å². The van der Waals surface area contributed by atoms with Gasteiger partial charge in [0.25, 0.3) is 0 Å². The molecule has 1 N–H and O–H groups in total. The first-order valence-corrected chi connectivity index (χ1v) is 7.84. The van der Waals surface area contributed by atoms with Crippen LogP contribution in [-0.4, -0.2) is 42.7 Å². The predicted octanol–water partition coefficient (Wildman–Crippen LogP) is 2.72. The van der Waals surface area contributed by atoms with E-state index < -0.39 is 0 Å². The van der Waals surface area contributed by atoms with Crippen molar-refractivity contribution in [2.24, 2.45) is 5.92 Å².